The Morgan fingerprint density at radius 1 is 1.00 bits per heavy atom. The molecule has 0 N–H and O–H groups in total. The zero-order valence-electron chi connectivity index (χ0n) is 10.6. The lowest BCUT2D eigenvalue weighted by Crippen LogP contribution is -2.55. The van der Waals surface area contributed by atoms with Crippen molar-refractivity contribution in [1.29, 1.82) is 0 Å². The highest BCUT2D eigenvalue weighted by atomic mass is 15.3. The molecule has 1 saturated carbocycles. The third kappa shape index (κ3) is 1.32. The second-order valence-electron chi connectivity index (χ2n) is 7.34. The molecule has 1 nitrogen and oxygen atoms in total. The van der Waals surface area contributed by atoms with Crippen molar-refractivity contribution in [2.24, 2.45) is 10.8 Å². The Hall–Kier alpha value is -0.0400. The first-order valence-corrected chi connectivity index (χ1v) is 6.73. The van der Waals surface area contributed by atoms with Gasteiger partial charge in [-0.3, -0.25) is 4.90 Å². The zero-order chi connectivity index (χ0) is 10.7. The van der Waals surface area contributed by atoms with E-state index in [4.69, 9.17) is 0 Å². The van der Waals surface area contributed by atoms with E-state index in [1.54, 1.807) is 0 Å². The second-order valence-corrected chi connectivity index (χ2v) is 7.34. The highest BCUT2D eigenvalue weighted by Crippen LogP contribution is 2.63. The third-order valence-electron chi connectivity index (χ3n) is 5.42. The Balaban J connectivity index is 1.95. The first kappa shape index (κ1) is 10.1. The van der Waals surface area contributed by atoms with E-state index in [1.807, 2.05) is 0 Å². The van der Waals surface area contributed by atoms with Crippen LogP contribution in [0.3, 0.4) is 0 Å². The highest BCUT2D eigenvalue weighted by molar-refractivity contribution is 5.16. The van der Waals surface area contributed by atoms with Crippen LogP contribution < -0.4 is 0 Å². The molecule has 86 valence electrons. The van der Waals surface area contributed by atoms with E-state index in [1.165, 1.54) is 51.6 Å². The summed E-state index contributed by atoms with van der Waals surface area (Å²) in [5, 5.41) is 0. The van der Waals surface area contributed by atoms with Crippen LogP contribution in [0.2, 0.25) is 0 Å². The smallest absolute Gasteiger partial charge is 0.0263 e. The minimum absolute atomic E-state index is 0.472. The van der Waals surface area contributed by atoms with Gasteiger partial charge in [-0.15, -0.1) is 0 Å². The molecule has 1 heteroatoms. The maximum Gasteiger partial charge on any atom is 0.0263 e. The molecule has 0 amide bonds. The van der Waals surface area contributed by atoms with Gasteiger partial charge in [0, 0.05) is 12.1 Å². The number of rotatable bonds is 0. The van der Waals surface area contributed by atoms with Gasteiger partial charge in [-0.1, -0.05) is 27.2 Å². The lowest BCUT2D eigenvalue weighted by atomic mass is 9.66. The Morgan fingerprint density at radius 2 is 1.73 bits per heavy atom. The van der Waals surface area contributed by atoms with Gasteiger partial charge in [0.05, 0.1) is 0 Å². The van der Waals surface area contributed by atoms with Gasteiger partial charge >= 0.3 is 0 Å². The molecule has 1 aliphatic carbocycles. The Bertz CT molecular complexity index is 272. The Labute approximate surface area is 94.2 Å². The molecule has 2 heterocycles. The monoisotopic (exact) mass is 207 g/mol. The van der Waals surface area contributed by atoms with Crippen LogP contribution in [-0.2, 0) is 0 Å². The predicted molar refractivity (Wildman–Crippen MR) is 63.9 cm³/mol. The summed E-state index contributed by atoms with van der Waals surface area (Å²) in [6.45, 7) is 10.2. The molecule has 0 aromatic rings. The van der Waals surface area contributed by atoms with Gasteiger partial charge < -0.3 is 0 Å². The van der Waals surface area contributed by atoms with E-state index in [0.717, 1.165) is 5.41 Å². The fourth-order valence-corrected chi connectivity index (χ4v) is 4.23. The fourth-order valence-electron chi connectivity index (χ4n) is 4.23. The number of nitrogens with zero attached hydrogens (tertiary/aromatic N) is 1. The average molecular weight is 207 g/mol. The summed E-state index contributed by atoms with van der Waals surface area (Å²) in [6.07, 6.45) is 8.89. The molecule has 1 unspecified atom stereocenters. The van der Waals surface area contributed by atoms with E-state index >= 15 is 0 Å². The Kier molecular flexibility index (Phi) is 1.89. The third-order valence-corrected chi connectivity index (χ3v) is 5.42. The van der Waals surface area contributed by atoms with Crippen LogP contribution >= 0.6 is 0 Å². The second kappa shape index (κ2) is 2.80. The number of hydrogen-bond acceptors (Lipinski definition) is 1. The normalized spacial score (nSPS) is 39.4. The summed E-state index contributed by atoms with van der Waals surface area (Å²) in [6, 6.07) is 0. The molecule has 1 spiro atoms. The number of fused-ring (bicyclic) bond motifs is 1. The summed E-state index contributed by atoms with van der Waals surface area (Å²) in [5.41, 5.74) is 1.80. The van der Waals surface area contributed by atoms with Crippen molar-refractivity contribution >= 4 is 0 Å². The van der Waals surface area contributed by atoms with E-state index in [-0.39, 0.29) is 0 Å². The first-order chi connectivity index (χ1) is 6.98. The van der Waals surface area contributed by atoms with Crippen LogP contribution in [0.4, 0.5) is 0 Å². The fraction of sp³-hybridized carbons (Fsp3) is 1.00. The van der Waals surface area contributed by atoms with Crippen molar-refractivity contribution < 1.29 is 0 Å². The summed E-state index contributed by atoms with van der Waals surface area (Å²) < 4.78 is 0. The molecule has 1 atom stereocenters. The number of hydrogen-bond donors (Lipinski definition) is 0. The van der Waals surface area contributed by atoms with E-state index in [0.29, 0.717) is 11.0 Å². The topological polar surface area (TPSA) is 3.24 Å². The predicted octanol–water partition coefficient (Wildman–Crippen LogP) is 3.44. The molecule has 0 bridgehead atoms. The standard InChI is InChI=1S/C14H25N/c1-12(2,3)14-6-4-5-9-15(14)11-13(10-14)7-8-13/h4-11H2,1-3H3. The zero-order valence-corrected chi connectivity index (χ0v) is 10.6. The SMILES string of the molecule is CC(C)(C)C12CCCCN1CC1(CC1)C2. The summed E-state index contributed by atoms with van der Waals surface area (Å²) >= 11 is 0. The minimum atomic E-state index is 0.472. The van der Waals surface area contributed by atoms with Gasteiger partial charge in [-0.25, -0.2) is 0 Å². The average Bonchev–Trinajstić information content (AvgIpc) is 2.78. The summed E-state index contributed by atoms with van der Waals surface area (Å²) in [5.74, 6) is 0. The molecular formula is C14H25N. The van der Waals surface area contributed by atoms with Crippen LogP contribution in [0.1, 0.15) is 59.3 Å². The maximum atomic E-state index is 2.86. The van der Waals surface area contributed by atoms with Gasteiger partial charge in [-0.05, 0) is 49.5 Å². The van der Waals surface area contributed by atoms with Gasteiger partial charge in [0.2, 0.25) is 0 Å². The quantitative estimate of drug-likeness (QED) is 0.588. The molecule has 0 aromatic carbocycles. The van der Waals surface area contributed by atoms with Crippen molar-refractivity contribution in [2.75, 3.05) is 13.1 Å². The Morgan fingerprint density at radius 3 is 2.27 bits per heavy atom. The molecule has 2 saturated heterocycles. The van der Waals surface area contributed by atoms with E-state index < -0.39 is 0 Å². The van der Waals surface area contributed by atoms with Crippen molar-refractivity contribution in [3.8, 4) is 0 Å². The number of piperidine rings is 1. The van der Waals surface area contributed by atoms with Crippen molar-refractivity contribution in [3.05, 3.63) is 0 Å². The summed E-state index contributed by atoms with van der Waals surface area (Å²) in [4.78, 5) is 2.86. The van der Waals surface area contributed by atoms with Crippen LogP contribution in [0, 0.1) is 10.8 Å². The van der Waals surface area contributed by atoms with Gasteiger partial charge in [-0.2, -0.15) is 0 Å². The van der Waals surface area contributed by atoms with E-state index in [2.05, 4.69) is 25.7 Å². The summed E-state index contributed by atoms with van der Waals surface area (Å²) in [7, 11) is 0. The molecule has 3 rings (SSSR count). The molecule has 0 radical (unpaired) electrons. The molecule has 15 heavy (non-hydrogen) atoms. The molecule has 3 fully saturated rings. The first-order valence-electron chi connectivity index (χ1n) is 6.73. The lowest BCUT2D eigenvalue weighted by molar-refractivity contribution is -0.00526. The molecule has 3 aliphatic rings. The van der Waals surface area contributed by atoms with Crippen LogP contribution in [0.15, 0.2) is 0 Å². The van der Waals surface area contributed by atoms with Gasteiger partial charge in [0.25, 0.3) is 0 Å². The molecular weight excluding hydrogens is 182 g/mol. The van der Waals surface area contributed by atoms with Gasteiger partial charge in [0.15, 0.2) is 0 Å². The van der Waals surface area contributed by atoms with Crippen LogP contribution in [-0.4, -0.2) is 23.5 Å². The van der Waals surface area contributed by atoms with Gasteiger partial charge in [0.1, 0.15) is 0 Å². The van der Waals surface area contributed by atoms with Crippen LogP contribution in [0.5, 0.6) is 0 Å². The maximum absolute atomic E-state index is 2.86. The lowest BCUT2D eigenvalue weighted by Gasteiger charge is -2.51. The van der Waals surface area contributed by atoms with Crippen molar-refractivity contribution in [1.82, 2.24) is 4.90 Å². The molecule has 0 aromatic heterocycles. The largest absolute Gasteiger partial charge is 0.297 e. The van der Waals surface area contributed by atoms with Crippen molar-refractivity contribution in [3.63, 3.8) is 0 Å². The van der Waals surface area contributed by atoms with Crippen molar-refractivity contribution in [2.45, 2.75) is 64.8 Å². The van der Waals surface area contributed by atoms with Crippen LogP contribution in [0.25, 0.3) is 0 Å². The highest BCUT2D eigenvalue weighted by Gasteiger charge is 2.62. The minimum Gasteiger partial charge on any atom is -0.297 e. The molecule has 2 aliphatic heterocycles. The van der Waals surface area contributed by atoms with E-state index in [9.17, 15) is 0 Å².